The number of hydrogen-bond acceptors (Lipinski definition) is 6. The average molecular weight is 546 g/mol. The summed E-state index contributed by atoms with van der Waals surface area (Å²) >= 11 is 0. The van der Waals surface area contributed by atoms with Crippen LogP contribution in [0.4, 0.5) is 0 Å². The quantitative estimate of drug-likeness (QED) is 0.257. The van der Waals surface area contributed by atoms with Gasteiger partial charge in [0.1, 0.15) is 0 Å². The molecule has 3 saturated heterocycles. The molecule has 0 aliphatic carbocycles. The van der Waals surface area contributed by atoms with Gasteiger partial charge in [-0.05, 0) is 96.4 Å². The summed E-state index contributed by atoms with van der Waals surface area (Å²) in [5.74, 6) is 2.08. The van der Waals surface area contributed by atoms with Gasteiger partial charge >= 0.3 is 21.4 Å². The van der Waals surface area contributed by atoms with E-state index in [0.29, 0.717) is 0 Å². The first-order valence-corrected chi connectivity index (χ1v) is 17.7. The van der Waals surface area contributed by atoms with Crippen molar-refractivity contribution in [3.63, 3.8) is 0 Å². The minimum Gasteiger partial charge on any atom is -0.403 e. The summed E-state index contributed by atoms with van der Waals surface area (Å²) < 4.78 is 39.4. The lowest BCUT2D eigenvalue weighted by Gasteiger charge is -2.43. The highest BCUT2D eigenvalue weighted by molar-refractivity contribution is 7.01. The zero-order valence-corrected chi connectivity index (χ0v) is 28.1. The third-order valence-electron chi connectivity index (χ3n) is 10.1. The Labute approximate surface area is 235 Å². The Morgan fingerprint density at radius 2 is 0.921 bits per heavy atom. The predicted molar refractivity (Wildman–Crippen MR) is 162 cm³/mol. The highest BCUT2D eigenvalue weighted by Crippen LogP contribution is 2.56. The van der Waals surface area contributed by atoms with Crippen LogP contribution in [0.1, 0.15) is 96.4 Å². The molecule has 0 unspecified atom stereocenters. The van der Waals surface area contributed by atoms with Crippen molar-refractivity contribution in [3.8, 4) is 0 Å². The Balaban J connectivity index is 1.99. The molecule has 0 bridgehead atoms. The van der Waals surface area contributed by atoms with Crippen molar-refractivity contribution >= 4 is 29.4 Å². The summed E-state index contributed by atoms with van der Waals surface area (Å²) in [6.07, 6.45) is 5.26. The molecule has 3 aliphatic rings. The van der Waals surface area contributed by atoms with Gasteiger partial charge in [-0.25, -0.2) is 0 Å². The highest BCUT2D eigenvalue weighted by atomic mass is 28.3. The standard InChI is InChI=1S/C28H53B3O6Si/c1-21(20-29-32-22(2,3)23(4,5)33-29)18-17-19-28(38(14,15)16,30-34-24(6,7)25(8,9)35-30)31-36-26(10,11)27(12,13)37-31/h17,19-20H,18H2,1-16H3/b19-17+,21-20+. The van der Waals surface area contributed by atoms with Gasteiger partial charge in [0, 0.05) is 0 Å². The van der Waals surface area contributed by atoms with E-state index in [0.717, 1.165) is 6.42 Å². The summed E-state index contributed by atoms with van der Waals surface area (Å²) in [5, 5.41) is 0. The third kappa shape index (κ3) is 5.45. The van der Waals surface area contributed by atoms with Gasteiger partial charge in [-0.2, -0.15) is 0 Å². The zero-order valence-electron chi connectivity index (χ0n) is 27.1. The van der Waals surface area contributed by atoms with Crippen molar-refractivity contribution in [1.29, 1.82) is 0 Å². The molecule has 0 aromatic rings. The van der Waals surface area contributed by atoms with E-state index < -0.39 is 49.6 Å². The normalized spacial score (nSPS) is 28.1. The lowest BCUT2D eigenvalue weighted by Crippen LogP contribution is -2.60. The number of rotatable bonds is 7. The molecule has 214 valence electrons. The van der Waals surface area contributed by atoms with Crippen molar-refractivity contribution in [2.24, 2.45) is 0 Å². The summed E-state index contributed by atoms with van der Waals surface area (Å²) in [5.41, 5.74) is -1.40. The molecule has 38 heavy (non-hydrogen) atoms. The third-order valence-corrected chi connectivity index (χ3v) is 13.3. The van der Waals surface area contributed by atoms with Crippen LogP contribution in [0.2, 0.25) is 24.5 Å². The molecule has 0 atom stereocenters. The summed E-state index contributed by atoms with van der Waals surface area (Å²) in [7, 11) is -3.48. The molecule has 10 heteroatoms. The monoisotopic (exact) mass is 546 g/mol. The SMILES string of the molecule is C/C(=C\B1OC(C)(C)C(C)(C)O1)C/C=C/C(B1OC(C)(C)C(C)(C)O1)(B1OC(C)(C)C(C)(C)O1)[Si](C)(C)C. The van der Waals surface area contributed by atoms with Crippen LogP contribution in [-0.4, -0.2) is 63.0 Å². The molecular formula is C28H53B3O6Si. The van der Waals surface area contributed by atoms with Crippen LogP contribution >= 0.6 is 0 Å². The molecule has 3 aliphatic heterocycles. The van der Waals surface area contributed by atoms with Gasteiger partial charge in [-0.3, -0.25) is 0 Å². The molecule has 3 heterocycles. The molecule has 0 aromatic heterocycles. The Morgan fingerprint density at radius 1 is 0.605 bits per heavy atom. The van der Waals surface area contributed by atoms with E-state index in [9.17, 15) is 0 Å². The summed E-state index contributed by atoms with van der Waals surface area (Å²) in [6, 6.07) is 0. The zero-order chi connectivity index (χ0) is 29.4. The van der Waals surface area contributed by atoms with Crippen LogP contribution in [0.5, 0.6) is 0 Å². The van der Waals surface area contributed by atoms with Gasteiger partial charge in [0.05, 0.1) is 46.5 Å². The molecule has 0 aromatic carbocycles. The van der Waals surface area contributed by atoms with Crippen molar-refractivity contribution in [2.45, 2.75) is 155 Å². The lowest BCUT2D eigenvalue weighted by atomic mass is 9.50. The fraction of sp³-hybridized carbons (Fsp3) is 0.857. The first-order valence-electron chi connectivity index (χ1n) is 14.2. The summed E-state index contributed by atoms with van der Waals surface area (Å²) in [6.45, 7) is 34.3. The minimum absolute atomic E-state index is 0.356. The van der Waals surface area contributed by atoms with Crippen molar-refractivity contribution in [3.05, 3.63) is 23.7 Å². The first kappa shape index (κ1) is 32.2. The Kier molecular flexibility index (Phi) is 8.13. The van der Waals surface area contributed by atoms with Crippen LogP contribution in [0.15, 0.2) is 23.7 Å². The molecule has 6 nitrogen and oxygen atoms in total. The van der Waals surface area contributed by atoms with E-state index in [2.05, 4.69) is 128 Å². The number of hydrogen-bond donors (Lipinski definition) is 0. The van der Waals surface area contributed by atoms with Gasteiger partial charge in [0.25, 0.3) is 0 Å². The van der Waals surface area contributed by atoms with Crippen LogP contribution in [0.25, 0.3) is 0 Å². The largest absolute Gasteiger partial charge is 0.487 e. The second-order valence-electron chi connectivity index (χ2n) is 15.6. The fourth-order valence-corrected chi connectivity index (χ4v) is 7.27. The molecule has 0 spiro atoms. The van der Waals surface area contributed by atoms with E-state index in [1.165, 1.54) is 5.57 Å². The van der Waals surface area contributed by atoms with Crippen molar-refractivity contribution in [2.75, 3.05) is 0 Å². The number of allylic oxidation sites excluding steroid dienone is 3. The van der Waals surface area contributed by atoms with Gasteiger partial charge in [-0.1, -0.05) is 43.3 Å². The average Bonchev–Trinajstić information content (AvgIpc) is 3.11. The topological polar surface area (TPSA) is 55.4 Å². The van der Waals surface area contributed by atoms with Crippen molar-refractivity contribution in [1.82, 2.24) is 0 Å². The van der Waals surface area contributed by atoms with E-state index in [1.54, 1.807) is 0 Å². The second kappa shape index (κ2) is 9.60. The molecule has 0 saturated carbocycles. The first-order chi connectivity index (χ1) is 16.8. The molecular weight excluding hydrogens is 493 g/mol. The van der Waals surface area contributed by atoms with E-state index in [1.807, 2.05) is 0 Å². The van der Waals surface area contributed by atoms with E-state index in [-0.39, 0.29) is 18.3 Å². The maximum absolute atomic E-state index is 6.76. The molecule has 0 N–H and O–H groups in total. The maximum atomic E-state index is 6.76. The Hall–Kier alpha value is -0.348. The highest BCUT2D eigenvalue weighted by Gasteiger charge is 2.72. The van der Waals surface area contributed by atoms with Crippen LogP contribution in [0, 0.1) is 0 Å². The van der Waals surface area contributed by atoms with Crippen LogP contribution in [-0.2, 0) is 27.9 Å². The van der Waals surface area contributed by atoms with Crippen molar-refractivity contribution < 1.29 is 27.9 Å². The van der Waals surface area contributed by atoms with Crippen LogP contribution in [0.3, 0.4) is 0 Å². The summed E-state index contributed by atoms with van der Waals surface area (Å²) in [4.78, 5) is -0.590. The fourth-order valence-electron chi connectivity index (χ4n) is 5.00. The molecule has 0 amide bonds. The second-order valence-corrected chi connectivity index (χ2v) is 21.0. The molecule has 3 fully saturated rings. The van der Waals surface area contributed by atoms with Gasteiger partial charge < -0.3 is 27.9 Å². The Bertz CT molecular complexity index is 880. The van der Waals surface area contributed by atoms with Gasteiger partial charge in [0.2, 0.25) is 0 Å². The van der Waals surface area contributed by atoms with Gasteiger partial charge in [-0.15, -0.1) is 0 Å². The lowest BCUT2D eigenvalue weighted by molar-refractivity contribution is 0.00578. The Morgan fingerprint density at radius 3 is 1.24 bits per heavy atom. The predicted octanol–water partition coefficient (Wildman–Crippen LogP) is 6.85. The molecule has 3 rings (SSSR count). The van der Waals surface area contributed by atoms with Crippen LogP contribution < -0.4 is 0 Å². The smallest absolute Gasteiger partial charge is 0.403 e. The van der Waals surface area contributed by atoms with E-state index in [4.69, 9.17) is 27.9 Å². The van der Waals surface area contributed by atoms with Gasteiger partial charge in [0.15, 0.2) is 0 Å². The maximum Gasteiger partial charge on any atom is 0.487 e. The minimum atomic E-state index is -2.12. The van der Waals surface area contributed by atoms with E-state index >= 15 is 0 Å². The molecule has 0 radical (unpaired) electrons.